The van der Waals surface area contributed by atoms with Gasteiger partial charge >= 0.3 is 0 Å². The Morgan fingerprint density at radius 3 is 2.52 bits per heavy atom. The molecule has 0 heterocycles. The van der Waals surface area contributed by atoms with Gasteiger partial charge in [0.15, 0.2) is 6.61 Å². The Morgan fingerprint density at radius 2 is 1.81 bits per heavy atom. The van der Waals surface area contributed by atoms with Crippen molar-refractivity contribution in [1.82, 2.24) is 10.0 Å². The van der Waals surface area contributed by atoms with E-state index >= 15 is 0 Å². The van der Waals surface area contributed by atoms with Crippen LogP contribution in [0.3, 0.4) is 0 Å². The lowest BCUT2D eigenvalue weighted by Gasteiger charge is -2.22. The van der Waals surface area contributed by atoms with Gasteiger partial charge in [0.1, 0.15) is 11.5 Å². The summed E-state index contributed by atoms with van der Waals surface area (Å²) in [7, 11) is -1.99. The summed E-state index contributed by atoms with van der Waals surface area (Å²) in [6.45, 7) is 1.93. The molecule has 7 nitrogen and oxygen atoms in total. The molecule has 0 unspecified atom stereocenters. The highest BCUT2D eigenvalue weighted by Crippen LogP contribution is 2.24. The first-order valence-electron chi connectivity index (χ1n) is 10.5. The number of benzene rings is 2. The fourth-order valence-electron chi connectivity index (χ4n) is 3.70. The van der Waals surface area contributed by atoms with Crippen LogP contribution < -0.4 is 19.5 Å². The number of carbonyl (C=O) groups is 1. The zero-order chi connectivity index (χ0) is 22.3. The third-order valence-electron chi connectivity index (χ3n) is 5.41. The lowest BCUT2D eigenvalue weighted by atomic mass is 9.96. The van der Waals surface area contributed by atoms with E-state index < -0.39 is 10.0 Å². The second-order valence-electron chi connectivity index (χ2n) is 7.76. The first kappa shape index (κ1) is 23.1. The van der Waals surface area contributed by atoms with E-state index in [2.05, 4.69) is 10.0 Å². The standard InChI is InChI=1S/C23H30N2O5S/c1-17-14-20(31(27,28)25-19-9-4-3-5-10-19)12-13-21(17)30-16-23(26)24-15-18-8-6-7-11-22(18)29-2/h6-8,11-14,19,25H,3-5,9-10,15-16H2,1-2H3,(H,24,26). The molecule has 1 amide bonds. The van der Waals surface area contributed by atoms with Crippen LogP contribution in [0.15, 0.2) is 47.4 Å². The lowest BCUT2D eigenvalue weighted by molar-refractivity contribution is -0.123. The van der Waals surface area contributed by atoms with Gasteiger partial charge in [0.25, 0.3) is 5.91 Å². The Balaban J connectivity index is 1.54. The third kappa shape index (κ3) is 6.45. The molecular weight excluding hydrogens is 416 g/mol. The Labute approximate surface area is 184 Å². The summed E-state index contributed by atoms with van der Waals surface area (Å²) >= 11 is 0. The van der Waals surface area contributed by atoms with Crippen molar-refractivity contribution < 1.29 is 22.7 Å². The highest BCUT2D eigenvalue weighted by Gasteiger charge is 2.22. The molecule has 0 aliphatic heterocycles. The van der Waals surface area contributed by atoms with Crippen LogP contribution in [0.5, 0.6) is 11.5 Å². The minimum atomic E-state index is -3.57. The van der Waals surface area contributed by atoms with Crippen LogP contribution in [0, 0.1) is 6.92 Å². The van der Waals surface area contributed by atoms with Gasteiger partial charge in [-0.05, 0) is 49.6 Å². The van der Waals surface area contributed by atoms with Gasteiger partial charge in [-0.3, -0.25) is 4.79 Å². The van der Waals surface area contributed by atoms with E-state index in [0.29, 0.717) is 23.6 Å². The highest BCUT2D eigenvalue weighted by atomic mass is 32.2. The number of rotatable bonds is 9. The minimum Gasteiger partial charge on any atom is -0.496 e. The fourth-order valence-corrected chi connectivity index (χ4v) is 5.09. The van der Waals surface area contributed by atoms with Crippen molar-refractivity contribution in [3.05, 3.63) is 53.6 Å². The van der Waals surface area contributed by atoms with Crippen molar-refractivity contribution in [3.63, 3.8) is 0 Å². The van der Waals surface area contributed by atoms with Crippen molar-refractivity contribution >= 4 is 15.9 Å². The molecule has 0 radical (unpaired) electrons. The molecule has 1 saturated carbocycles. The average Bonchev–Trinajstić information content (AvgIpc) is 2.77. The maximum Gasteiger partial charge on any atom is 0.258 e. The van der Waals surface area contributed by atoms with Crippen molar-refractivity contribution in [3.8, 4) is 11.5 Å². The highest BCUT2D eigenvalue weighted by molar-refractivity contribution is 7.89. The van der Waals surface area contributed by atoms with Crippen LogP contribution in [0.1, 0.15) is 43.2 Å². The Bertz CT molecular complexity index is 1000. The molecule has 0 aromatic heterocycles. The van der Waals surface area contributed by atoms with Gasteiger partial charge in [0, 0.05) is 18.2 Å². The van der Waals surface area contributed by atoms with E-state index in [1.165, 1.54) is 6.07 Å². The molecular formula is C23H30N2O5S. The van der Waals surface area contributed by atoms with E-state index in [0.717, 1.165) is 37.7 Å². The molecule has 2 N–H and O–H groups in total. The number of methoxy groups -OCH3 is 1. The van der Waals surface area contributed by atoms with E-state index in [-0.39, 0.29) is 23.5 Å². The predicted molar refractivity (Wildman–Crippen MR) is 119 cm³/mol. The molecule has 2 aromatic rings. The van der Waals surface area contributed by atoms with Crippen LogP contribution in [0.2, 0.25) is 0 Å². The van der Waals surface area contributed by atoms with Gasteiger partial charge in [0.05, 0.1) is 12.0 Å². The maximum absolute atomic E-state index is 12.7. The van der Waals surface area contributed by atoms with Crippen molar-refractivity contribution in [2.75, 3.05) is 13.7 Å². The monoisotopic (exact) mass is 446 g/mol. The number of para-hydroxylation sites is 1. The zero-order valence-corrected chi connectivity index (χ0v) is 18.8. The van der Waals surface area contributed by atoms with Gasteiger partial charge < -0.3 is 14.8 Å². The lowest BCUT2D eigenvalue weighted by Crippen LogP contribution is -2.36. The van der Waals surface area contributed by atoms with Gasteiger partial charge in [-0.25, -0.2) is 13.1 Å². The SMILES string of the molecule is COc1ccccc1CNC(=O)COc1ccc(S(=O)(=O)NC2CCCCC2)cc1C. The first-order chi connectivity index (χ1) is 14.9. The molecule has 1 fully saturated rings. The molecule has 0 bridgehead atoms. The van der Waals surface area contributed by atoms with Crippen molar-refractivity contribution in [1.29, 1.82) is 0 Å². The molecule has 1 aliphatic carbocycles. The van der Waals surface area contributed by atoms with E-state index in [1.807, 2.05) is 24.3 Å². The maximum atomic E-state index is 12.7. The quantitative estimate of drug-likeness (QED) is 0.616. The van der Waals surface area contributed by atoms with Crippen molar-refractivity contribution in [2.24, 2.45) is 0 Å². The molecule has 2 aromatic carbocycles. The van der Waals surface area contributed by atoms with Gasteiger partial charge in [-0.15, -0.1) is 0 Å². The summed E-state index contributed by atoms with van der Waals surface area (Å²) in [5.41, 5.74) is 1.53. The zero-order valence-electron chi connectivity index (χ0n) is 18.0. The number of sulfonamides is 1. The number of carbonyl (C=O) groups excluding carboxylic acids is 1. The Kier molecular flexibility index (Phi) is 7.92. The van der Waals surface area contributed by atoms with Gasteiger partial charge in [-0.1, -0.05) is 37.5 Å². The normalized spacial score (nSPS) is 14.8. The van der Waals surface area contributed by atoms with Crippen LogP contribution in [-0.4, -0.2) is 34.1 Å². The largest absolute Gasteiger partial charge is 0.496 e. The van der Waals surface area contributed by atoms with Crippen LogP contribution in [0.25, 0.3) is 0 Å². The fraction of sp³-hybridized carbons (Fsp3) is 0.435. The third-order valence-corrected chi connectivity index (χ3v) is 6.93. The van der Waals surface area contributed by atoms with E-state index in [9.17, 15) is 13.2 Å². The number of amides is 1. The Morgan fingerprint density at radius 1 is 1.06 bits per heavy atom. The molecule has 168 valence electrons. The minimum absolute atomic E-state index is 0.00178. The van der Waals surface area contributed by atoms with E-state index in [1.54, 1.807) is 26.2 Å². The second-order valence-corrected chi connectivity index (χ2v) is 9.47. The predicted octanol–water partition coefficient (Wildman–Crippen LogP) is 3.31. The number of nitrogens with one attached hydrogen (secondary N) is 2. The summed E-state index contributed by atoms with van der Waals surface area (Å²) in [4.78, 5) is 12.4. The topological polar surface area (TPSA) is 93.7 Å². The van der Waals surface area contributed by atoms with Crippen molar-refractivity contribution in [2.45, 2.75) is 56.5 Å². The molecule has 8 heteroatoms. The number of hydrogen-bond donors (Lipinski definition) is 2. The molecule has 31 heavy (non-hydrogen) atoms. The number of aryl methyl sites for hydroxylation is 1. The summed E-state index contributed by atoms with van der Waals surface area (Å²) in [6.07, 6.45) is 5.03. The molecule has 0 saturated heterocycles. The summed E-state index contributed by atoms with van der Waals surface area (Å²) in [5.74, 6) is 0.906. The van der Waals surface area contributed by atoms with E-state index in [4.69, 9.17) is 9.47 Å². The van der Waals surface area contributed by atoms with Gasteiger partial charge in [0.2, 0.25) is 10.0 Å². The number of ether oxygens (including phenoxy) is 2. The second kappa shape index (κ2) is 10.6. The van der Waals surface area contributed by atoms with Crippen LogP contribution in [-0.2, 0) is 21.4 Å². The average molecular weight is 447 g/mol. The first-order valence-corrected chi connectivity index (χ1v) is 12.0. The van der Waals surface area contributed by atoms with Gasteiger partial charge in [-0.2, -0.15) is 0 Å². The Hall–Kier alpha value is -2.58. The molecule has 0 atom stereocenters. The number of hydrogen-bond acceptors (Lipinski definition) is 5. The summed E-state index contributed by atoms with van der Waals surface area (Å²) < 4.78 is 39.0. The smallest absolute Gasteiger partial charge is 0.258 e. The summed E-state index contributed by atoms with van der Waals surface area (Å²) in [6, 6.07) is 12.1. The van der Waals surface area contributed by atoms with Crippen LogP contribution >= 0.6 is 0 Å². The molecule has 0 spiro atoms. The molecule has 3 rings (SSSR count). The van der Waals surface area contributed by atoms with Crippen LogP contribution in [0.4, 0.5) is 0 Å². The summed E-state index contributed by atoms with van der Waals surface area (Å²) in [5, 5.41) is 2.79. The molecule has 1 aliphatic rings.